The second-order valence-electron chi connectivity index (χ2n) is 3.71. The average molecular weight is 280 g/mol. The van der Waals surface area contributed by atoms with Crippen LogP contribution in [0.15, 0.2) is 18.2 Å². The Morgan fingerprint density at radius 2 is 2.24 bits per heavy atom. The molecule has 7 heteroatoms. The molecule has 17 heavy (non-hydrogen) atoms. The van der Waals surface area contributed by atoms with Crippen LogP contribution in [-0.2, 0) is 21.3 Å². The van der Waals surface area contributed by atoms with E-state index in [0.717, 1.165) is 0 Å². The lowest BCUT2D eigenvalue weighted by Gasteiger charge is -2.26. The summed E-state index contributed by atoms with van der Waals surface area (Å²) in [5.74, 6) is -0.814. The molecule has 0 unspecified atom stereocenters. The third-order valence-corrected chi connectivity index (χ3v) is 4.26. The van der Waals surface area contributed by atoms with E-state index in [4.69, 9.17) is 16.3 Å². The molecule has 0 aromatic heterocycles. The summed E-state index contributed by atoms with van der Waals surface area (Å²) in [7, 11) is -3.45. The lowest BCUT2D eigenvalue weighted by Crippen LogP contribution is -2.40. The Morgan fingerprint density at radius 3 is 2.94 bits per heavy atom. The highest BCUT2D eigenvalue weighted by molar-refractivity contribution is 7.88. The molecule has 0 bridgehead atoms. The predicted molar refractivity (Wildman–Crippen MR) is 61.6 cm³/mol. The molecule has 1 heterocycles. The summed E-state index contributed by atoms with van der Waals surface area (Å²) in [6.07, 6.45) is 0. The molecule has 4 nitrogen and oxygen atoms in total. The second kappa shape index (κ2) is 4.89. The Kier molecular flexibility index (Phi) is 3.67. The highest BCUT2D eigenvalue weighted by Gasteiger charge is 2.27. The summed E-state index contributed by atoms with van der Waals surface area (Å²) >= 11 is 5.75. The van der Waals surface area contributed by atoms with Crippen molar-refractivity contribution in [2.75, 3.05) is 19.1 Å². The molecule has 94 valence electrons. The van der Waals surface area contributed by atoms with Crippen molar-refractivity contribution in [2.45, 2.75) is 6.54 Å². The first-order chi connectivity index (χ1) is 7.99. The van der Waals surface area contributed by atoms with E-state index < -0.39 is 15.8 Å². The van der Waals surface area contributed by atoms with Crippen LogP contribution in [0.1, 0.15) is 5.56 Å². The molecule has 1 fully saturated rings. The van der Waals surface area contributed by atoms with Crippen molar-refractivity contribution in [3.05, 3.63) is 34.6 Å². The minimum Gasteiger partial charge on any atom is -0.363 e. The lowest BCUT2D eigenvalue weighted by atomic mass is 10.2. The molecule has 1 aromatic rings. The van der Waals surface area contributed by atoms with Crippen LogP contribution < -0.4 is 0 Å². The fourth-order valence-electron chi connectivity index (χ4n) is 1.58. The van der Waals surface area contributed by atoms with Gasteiger partial charge in [0.25, 0.3) is 0 Å². The Labute approximate surface area is 104 Å². The van der Waals surface area contributed by atoms with Gasteiger partial charge in [0, 0.05) is 23.7 Å². The Morgan fingerprint density at radius 1 is 1.47 bits per heavy atom. The summed E-state index contributed by atoms with van der Waals surface area (Å²) < 4.78 is 42.8. The number of hydrogen-bond donors (Lipinski definition) is 0. The Balaban J connectivity index is 2.22. The van der Waals surface area contributed by atoms with Gasteiger partial charge in [-0.15, -0.1) is 0 Å². The quantitative estimate of drug-likeness (QED) is 0.826. The fraction of sp³-hybridized carbons (Fsp3) is 0.400. The summed E-state index contributed by atoms with van der Waals surface area (Å²) in [5.41, 5.74) is 0.267. The van der Waals surface area contributed by atoms with Gasteiger partial charge in [0.05, 0.1) is 6.61 Å². The van der Waals surface area contributed by atoms with Crippen LogP contribution >= 0.6 is 11.6 Å². The van der Waals surface area contributed by atoms with Gasteiger partial charge in [0.15, 0.2) is 5.94 Å². The van der Waals surface area contributed by atoms with E-state index in [-0.39, 0.29) is 24.6 Å². The summed E-state index contributed by atoms with van der Waals surface area (Å²) in [6, 6.07) is 4.08. The Hall–Kier alpha value is -0.690. The van der Waals surface area contributed by atoms with Crippen LogP contribution in [0.5, 0.6) is 0 Å². The summed E-state index contributed by atoms with van der Waals surface area (Å²) in [4.78, 5) is 0. The maximum Gasteiger partial charge on any atom is 0.238 e. The molecule has 0 N–H and O–H groups in total. The normalized spacial score (nSPS) is 20.4. The predicted octanol–water partition coefficient (Wildman–Crippen LogP) is 1.60. The first-order valence-electron chi connectivity index (χ1n) is 4.98. The minimum atomic E-state index is -3.45. The molecular formula is C10H11ClFNO3S. The SMILES string of the molecule is O=S1(=O)COCCN1Cc1cc(Cl)ccc1F. The van der Waals surface area contributed by atoms with Gasteiger partial charge in [0.1, 0.15) is 5.82 Å². The van der Waals surface area contributed by atoms with Crippen LogP contribution in [0, 0.1) is 5.82 Å². The van der Waals surface area contributed by atoms with Crippen molar-refractivity contribution in [3.8, 4) is 0 Å². The van der Waals surface area contributed by atoms with Crippen LogP contribution in [0.3, 0.4) is 0 Å². The highest BCUT2D eigenvalue weighted by atomic mass is 35.5. The molecule has 0 radical (unpaired) electrons. The zero-order chi connectivity index (χ0) is 12.5. The van der Waals surface area contributed by atoms with E-state index >= 15 is 0 Å². The maximum absolute atomic E-state index is 13.5. The van der Waals surface area contributed by atoms with Crippen LogP contribution in [0.25, 0.3) is 0 Å². The molecular weight excluding hydrogens is 269 g/mol. The van der Waals surface area contributed by atoms with Gasteiger partial charge in [-0.3, -0.25) is 0 Å². The maximum atomic E-state index is 13.5. The van der Waals surface area contributed by atoms with Gasteiger partial charge in [-0.2, -0.15) is 4.31 Å². The molecule has 0 saturated carbocycles. The van der Waals surface area contributed by atoms with Crippen molar-refractivity contribution in [1.82, 2.24) is 4.31 Å². The third-order valence-electron chi connectivity index (χ3n) is 2.47. The second-order valence-corrected chi connectivity index (χ2v) is 6.06. The third kappa shape index (κ3) is 2.95. The van der Waals surface area contributed by atoms with E-state index in [1.807, 2.05) is 0 Å². The van der Waals surface area contributed by atoms with Gasteiger partial charge in [-0.1, -0.05) is 11.6 Å². The molecule has 1 aliphatic rings. The van der Waals surface area contributed by atoms with Crippen molar-refractivity contribution in [2.24, 2.45) is 0 Å². The van der Waals surface area contributed by atoms with E-state index in [9.17, 15) is 12.8 Å². The molecule has 0 aliphatic carbocycles. The number of ether oxygens (including phenoxy) is 1. The van der Waals surface area contributed by atoms with Crippen LogP contribution in [0.4, 0.5) is 4.39 Å². The number of sulfonamides is 1. The first-order valence-corrected chi connectivity index (χ1v) is 6.97. The monoisotopic (exact) mass is 279 g/mol. The zero-order valence-corrected chi connectivity index (χ0v) is 10.5. The fourth-order valence-corrected chi connectivity index (χ4v) is 2.94. The van der Waals surface area contributed by atoms with E-state index in [2.05, 4.69) is 0 Å². The summed E-state index contributed by atoms with van der Waals surface area (Å²) in [6.45, 7) is 0.536. The van der Waals surface area contributed by atoms with Crippen molar-refractivity contribution in [3.63, 3.8) is 0 Å². The van der Waals surface area contributed by atoms with Gasteiger partial charge < -0.3 is 4.74 Å². The van der Waals surface area contributed by atoms with E-state index in [0.29, 0.717) is 11.6 Å². The van der Waals surface area contributed by atoms with Gasteiger partial charge in [-0.05, 0) is 18.2 Å². The average Bonchev–Trinajstić information content (AvgIpc) is 2.26. The number of rotatable bonds is 2. The lowest BCUT2D eigenvalue weighted by molar-refractivity contribution is 0.130. The van der Waals surface area contributed by atoms with Crippen molar-refractivity contribution >= 4 is 21.6 Å². The smallest absolute Gasteiger partial charge is 0.238 e. The number of benzene rings is 1. The number of nitrogens with zero attached hydrogens (tertiary/aromatic N) is 1. The first kappa shape index (κ1) is 12.8. The standard InChI is InChI=1S/C10H11ClFNO3S/c11-9-1-2-10(12)8(5-9)6-13-3-4-16-7-17(13,14)15/h1-2,5H,3-4,6-7H2. The van der Waals surface area contributed by atoms with E-state index in [1.165, 1.54) is 22.5 Å². The Bertz CT molecular complexity index is 520. The summed E-state index contributed by atoms with van der Waals surface area (Å²) in [5, 5.41) is 0.382. The van der Waals surface area contributed by atoms with Gasteiger partial charge in [-0.25, -0.2) is 12.8 Å². The molecule has 1 aliphatic heterocycles. The topological polar surface area (TPSA) is 46.6 Å². The van der Waals surface area contributed by atoms with Crippen molar-refractivity contribution < 1.29 is 17.5 Å². The molecule has 1 aromatic carbocycles. The van der Waals surface area contributed by atoms with Crippen LogP contribution in [-0.4, -0.2) is 31.8 Å². The number of halogens is 2. The highest BCUT2D eigenvalue weighted by Crippen LogP contribution is 2.19. The molecule has 0 spiro atoms. The minimum absolute atomic E-state index is 0.0158. The largest absolute Gasteiger partial charge is 0.363 e. The number of hydrogen-bond acceptors (Lipinski definition) is 3. The molecule has 0 amide bonds. The zero-order valence-electron chi connectivity index (χ0n) is 8.90. The molecule has 1 saturated heterocycles. The van der Waals surface area contributed by atoms with Crippen LogP contribution in [0.2, 0.25) is 5.02 Å². The van der Waals surface area contributed by atoms with E-state index in [1.54, 1.807) is 0 Å². The van der Waals surface area contributed by atoms with Crippen molar-refractivity contribution in [1.29, 1.82) is 0 Å². The van der Waals surface area contributed by atoms with Gasteiger partial charge >= 0.3 is 0 Å². The molecule has 2 rings (SSSR count). The van der Waals surface area contributed by atoms with Gasteiger partial charge in [0.2, 0.25) is 10.0 Å². The molecule has 0 atom stereocenters.